The topological polar surface area (TPSA) is 51.2 Å². The molecule has 1 fully saturated rings. The van der Waals surface area contributed by atoms with Crippen LogP contribution in [0.5, 0.6) is 0 Å². The number of nitrogens with zero attached hydrogens (tertiary/aromatic N) is 2. The zero-order chi connectivity index (χ0) is 21.8. The largest absolute Gasteiger partial charge is 0.669 e. The lowest BCUT2D eigenvalue weighted by atomic mass is 9.75. The maximum atomic E-state index is 12.8. The Hall–Kier alpha value is -3.53. The lowest BCUT2D eigenvalue weighted by Gasteiger charge is -2.38. The van der Waals surface area contributed by atoms with E-state index >= 15 is 0 Å². The molecule has 0 N–H and O–H groups in total. The van der Waals surface area contributed by atoms with Gasteiger partial charge < -0.3 is 5.32 Å². The van der Waals surface area contributed by atoms with E-state index in [9.17, 15) is 9.59 Å². The van der Waals surface area contributed by atoms with Crippen LogP contribution in [0.2, 0.25) is 0 Å². The second-order valence-corrected chi connectivity index (χ2v) is 8.59. The van der Waals surface area contributed by atoms with Gasteiger partial charge in [-0.1, -0.05) is 54.6 Å². The van der Waals surface area contributed by atoms with E-state index in [4.69, 9.17) is 0 Å². The summed E-state index contributed by atoms with van der Waals surface area (Å²) >= 11 is 0. The van der Waals surface area contributed by atoms with Crippen molar-refractivity contribution in [3.63, 3.8) is 0 Å². The number of carbonyl (C=O) groups is 2. The van der Waals surface area contributed by atoms with Gasteiger partial charge in [-0.3, -0.25) is 9.59 Å². The average Bonchev–Trinajstić information content (AvgIpc) is 3.02. The molecule has 31 heavy (non-hydrogen) atoms. The van der Waals surface area contributed by atoms with E-state index in [2.05, 4.69) is 61.0 Å². The number of fused-ring (bicyclic) bond motifs is 3. The Morgan fingerprint density at radius 3 is 2.32 bits per heavy atom. The third kappa shape index (κ3) is 2.86. The Balaban J connectivity index is 1.54. The molecule has 0 amide bonds. The van der Waals surface area contributed by atoms with Crippen molar-refractivity contribution < 1.29 is 14.2 Å². The quantitative estimate of drug-likeness (QED) is 0.252. The summed E-state index contributed by atoms with van der Waals surface area (Å²) < 4.78 is 2.22. The van der Waals surface area contributed by atoms with Crippen molar-refractivity contribution in [1.82, 2.24) is 0 Å². The minimum Gasteiger partial charge on any atom is -0.669 e. The summed E-state index contributed by atoms with van der Waals surface area (Å²) in [6.45, 7) is 7.18. The first-order valence-electron chi connectivity index (χ1n) is 10.7. The summed E-state index contributed by atoms with van der Waals surface area (Å²) in [5.41, 5.74) is 3.93. The maximum Gasteiger partial charge on any atom is 0.210 e. The first-order chi connectivity index (χ1) is 14.9. The van der Waals surface area contributed by atoms with Crippen LogP contribution in [0, 0.1) is 0 Å². The lowest BCUT2D eigenvalue weighted by molar-refractivity contribution is -0.433. The van der Waals surface area contributed by atoms with Gasteiger partial charge >= 0.3 is 0 Å². The first-order valence-corrected chi connectivity index (χ1v) is 10.7. The summed E-state index contributed by atoms with van der Waals surface area (Å²) in [6, 6.07) is 20.9. The maximum absolute atomic E-state index is 12.8. The highest BCUT2D eigenvalue weighted by molar-refractivity contribution is 6.44. The second kappa shape index (κ2) is 7.02. The molecule has 0 aromatic heterocycles. The predicted molar refractivity (Wildman–Crippen MR) is 124 cm³/mol. The molecule has 1 heterocycles. The van der Waals surface area contributed by atoms with E-state index in [1.54, 1.807) is 18.2 Å². The third-order valence-corrected chi connectivity index (χ3v) is 6.41. The Bertz CT molecular complexity index is 1280. The number of benzene rings is 3. The Kier molecular flexibility index (Phi) is 4.40. The number of hydrogen-bond donors (Lipinski definition) is 0. The summed E-state index contributed by atoms with van der Waals surface area (Å²) in [7, 11) is 0. The normalized spacial score (nSPS) is 19.5. The van der Waals surface area contributed by atoms with Gasteiger partial charge in [0, 0.05) is 23.7 Å². The second-order valence-electron chi connectivity index (χ2n) is 8.59. The average molecular weight is 409 g/mol. The molecular formula is C27H24N2O2. The smallest absolute Gasteiger partial charge is 0.210 e. The molecule has 4 nitrogen and oxygen atoms in total. The van der Waals surface area contributed by atoms with Crippen LogP contribution in [-0.4, -0.2) is 34.4 Å². The fourth-order valence-corrected chi connectivity index (χ4v) is 4.85. The predicted octanol–water partition coefficient (Wildman–Crippen LogP) is 5.39. The number of para-hydroxylation sites is 1. The van der Waals surface area contributed by atoms with E-state index in [1.807, 2.05) is 24.3 Å². The number of ketones is 2. The van der Waals surface area contributed by atoms with Gasteiger partial charge in [-0.05, 0) is 37.6 Å². The highest BCUT2D eigenvalue weighted by Gasteiger charge is 2.47. The van der Waals surface area contributed by atoms with E-state index in [-0.39, 0.29) is 22.6 Å². The standard InChI is InChI=1S/C27H24N2O2/c1-4-29-21-15-14-17-10-8-9-13-19(17)23(21)27(2,3)22(29)16-20-25(30)24(26(20)31)28-18-11-6-5-7-12-18/h5-16,24H,4H2,1-3H3. The van der Waals surface area contributed by atoms with Crippen LogP contribution in [0.25, 0.3) is 16.1 Å². The summed E-state index contributed by atoms with van der Waals surface area (Å²) in [6.07, 6.45) is 1.81. The molecule has 154 valence electrons. The molecule has 1 saturated carbocycles. The van der Waals surface area contributed by atoms with Gasteiger partial charge in [-0.25, -0.2) is 0 Å². The summed E-state index contributed by atoms with van der Waals surface area (Å²) in [4.78, 5) is 25.7. The molecule has 1 aliphatic carbocycles. The Labute approximate surface area is 181 Å². The van der Waals surface area contributed by atoms with Crippen LogP contribution < -0.4 is 0 Å². The van der Waals surface area contributed by atoms with Crippen molar-refractivity contribution in [2.45, 2.75) is 32.2 Å². The monoisotopic (exact) mass is 408 g/mol. The highest BCUT2D eigenvalue weighted by Crippen LogP contribution is 2.45. The van der Waals surface area contributed by atoms with Gasteiger partial charge in [0.25, 0.3) is 0 Å². The molecule has 3 aromatic carbocycles. The molecule has 0 bridgehead atoms. The van der Waals surface area contributed by atoms with Crippen molar-refractivity contribution in [3.8, 4) is 0 Å². The van der Waals surface area contributed by atoms with Gasteiger partial charge in [-0.15, -0.1) is 5.69 Å². The molecule has 3 aromatic rings. The molecule has 0 unspecified atom stereocenters. The zero-order valence-corrected chi connectivity index (χ0v) is 17.9. The van der Waals surface area contributed by atoms with E-state index < -0.39 is 6.04 Å². The first kappa shape index (κ1) is 19.4. The SMILES string of the molecule is CC[N+]1=C(C=C2C(=O)C([N-]c3ccccc3)C2=O)C(C)(C)c2c1ccc1ccccc21. The van der Waals surface area contributed by atoms with Crippen molar-refractivity contribution >= 4 is 39.4 Å². The molecule has 5 rings (SSSR count). The molecule has 1 aliphatic heterocycles. The molecule has 2 aliphatic rings. The fourth-order valence-electron chi connectivity index (χ4n) is 4.85. The number of hydrogen-bond acceptors (Lipinski definition) is 2. The van der Waals surface area contributed by atoms with Gasteiger partial charge in [-0.2, -0.15) is 4.58 Å². The van der Waals surface area contributed by atoms with Crippen LogP contribution in [0.15, 0.2) is 78.4 Å². The van der Waals surface area contributed by atoms with Crippen molar-refractivity contribution in [2.75, 3.05) is 6.54 Å². The Morgan fingerprint density at radius 2 is 1.61 bits per heavy atom. The van der Waals surface area contributed by atoms with Gasteiger partial charge in [0.05, 0.1) is 11.0 Å². The van der Waals surface area contributed by atoms with Gasteiger partial charge in [0.2, 0.25) is 5.69 Å². The number of allylic oxidation sites excluding steroid dienone is 1. The van der Waals surface area contributed by atoms with Crippen LogP contribution in [0.3, 0.4) is 0 Å². The molecular weight excluding hydrogens is 384 g/mol. The molecule has 0 saturated heterocycles. The van der Waals surface area contributed by atoms with E-state index in [0.717, 1.165) is 17.9 Å². The fraction of sp³-hybridized carbons (Fsp3) is 0.222. The minimum absolute atomic E-state index is 0.200. The molecule has 0 spiro atoms. The van der Waals surface area contributed by atoms with Crippen molar-refractivity contribution in [3.05, 3.63) is 89.3 Å². The van der Waals surface area contributed by atoms with Gasteiger partial charge in [0.15, 0.2) is 17.3 Å². The highest BCUT2D eigenvalue weighted by atomic mass is 16.2. The lowest BCUT2D eigenvalue weighted by Crippen LogP contribution is -2.46. The summed E-state index contributed by atoms with van der Waals surface area (Å²) in [5, 5.41) is 6.74. The number of rotatable bonds is 4. The summed E-state index contributed by atoms with van der Waals surface area (Å²) in [5.74, 6) is -0.400. The van der Waals surface area contributed by atoms with Crippen LogP contribution >= 0.6 is 0 Å². The third-order valence-electron chi connectivity index (χ3n) is 6.41. The number of carbonyl (C=O) groups excluding carboxylic acids is 2. The number of Topliss-reactive ketones (excluding diaryl/α,β-unsaturated/α-hetero) is 2. The molecule has 4 heteroatoms. The van der Waals surface area contributed by atoms with Crippen LogP contribution in [0.4, 0.5) is 11.4 Å². The Morgan fingerprint density at radius 1 is 0.935 bits per heavy atom. The van der Waals surface area contributed by atoms with E-state index in [1.165, 1.54) is 16.3 Å². The van der Waals surface area contributed by atoms with Crippen LogP contribution in [-0.2, 0) is 15.0 Å². The molecule has 0 radical (unpaired) electrons. The van der Waals surface area contributed by atoms with Crippen molar-refractivity contribution in [2.24, 2.45) is 0 Å². The minimum atomic E-state index is -0.919. The van der Waals surface area contributed by atoms with Crippen LogP contribution in [0.1, 0.15) is 26.3 Å². The van der Waals surface area contributed by atoms with E-state index in [0.29, 0.717) is 5.69 Å². The zero-order valence-electron chi connectivity index (χ0n) is 17.9. The molecule has 0 atom stereocenters. The van der Waals surface area contributed by atoms with Gasteiger partial charge in [0.1, 0.15) is 6.54 Å². The van der Waals surface area contributed by atoms with Crippen molar-refractivity contribution in [1.29, 1.82) is 0 Å².